The van der Waals surface area contributed by atoms with Gasteiger partial charge in [0.25, 0.3) is 5.91 Å². The number of benzene rings is 1. The van der Waals surface area contributed by atoms with Gasteiger partial charge in [0.15, 0.2) is 5.13 Å². The third-order valence-corrected chi connectivity index (χ3v) is 6.99. The van der Waals surface area contributed by atoms with E-state index >= 15 is 0 Å². The van der Waals surface area contributed by atoms with Crippen LogP contribution in [0.5, 0.6) is 0 Å². The van der Waals surface area contributed by atoms with E-state index in [4.69, 9.17) is 4.98 Å². The van der Waals surface area contributed by atoms with Gasteiger partial charge in [-0.15, -0.1) is 11.3 Å². The van der Waals surface area contributed by atoms with Crippen LogP contribution in [0.1, 0.15) is 53.1 Å². The number of hydrogen-bond acceptors (Lipinski definition) is 5. The van der Waals surface area contributed by atoms with Crippen LogP contribution in [-0.2, 0) is 13.0 Å². The Labute approximate surface area is 202 Å². The third-order valence-electron chi connectivity index (χ3n) is 6.22. The zero-order valence-corrected chi connectivity index (χ0v) is 19.8. The fourth-order valence-corrected chi connectivity index (χ4v) is 5.21. The fourth-order valence-electron chi connectivity index (χ4n) is 4.46. The molecule has 1 aliphatic rings. The summed E-state index contributed by atoms with van der Waals surface area (Å²) in [6.07, 6.45) is 6.42. The zero-order chi connectivity index (χ0) is 23.5. The molecule has 174 valence electrons. The van der Waals surface area contributed by atoms with Crippen LogP contribution in [-0.4, -0.2) is 27.0 Å². The number of carbonyl (C=O) groups is 1. The summed E-state index contributed by atoms with van der Waals surface area (Å²) in [5.74, 6) is -0.771. The Morgan fingerprint density at radius 3 is 2.85 bits per heavy atom. The second-order valence-electron chi connectivity index (χ2n) is 8.41. The number of rotatable bonds is 7. The summed E-state index contributed by atoms with van der Waals surface area (Å²) in [7, 11) is 0. The van der Waals surface area contributed by atoms with Gasteiger partial charge in [-0.1, -0.05) is 19.1 Å². The molecule has 5 rings (SSSR count). The van der Waals surface area contributed by atoms with E-state index in [-0.39, 0.29) is 11.9 Å². The lowest BCUT2D eigenvalue weighted by Gasteiger charge is -2.25. The number of anilines is 2. The molecule has 0 bridgehead atoms. The molecule has 0 aliphatic carbocycles. The van der Waals surface area contributed by atoms with Crippen molar-refractivity contribution < 1.29 is 9.18 Å². The van der Waals surface area contributed by atoms with Gasteiger partial charge in [-0.3, -0.25) is 10.1 Å². The Balaban J connectivity index is 1.28. The molecule has 1 saturated heterocycles. The van der Waals surface area contributed by atoms with Gasteiger partial charge in [0, 0.05) is 36.6 Å². The average Bonchev–Trinajstić information content (AvgIpc) is 3.60. The largest absolute Gasteiger partial charge is 0.363 e. The number of thiazole rings is 1. The molecule has 0 spiro atoms. The van der Waals surface area contributed by atoms with E-state index in [1.54, 1.807) is 29.0 Å². The van der Waals surface area contributed by atoms with Gasteiger partial charge in [0.1, 0.15) is 5.69 Å². The lowest BCUT2D eigenvalue weighted by molar-refractivity contribution is 0.101. The minimum absolute atomic E-state index is 0.208. The predicted molar refractivity (Wildman–Crippen MR) is 133 cm³/mol. The minimum atomic E-state index is -0.534. The van der Waals surface area contributed by atoms with Gasteiger partial charge < -0.3 is 9.47 Å². The highest BCUT2D eigenvalue weighted by Gasteiger charge is 2.28. The van der Waals surface area contributed by atoms with E-state index in [1.165, 1.54) is 34.9 Å². The van der Waals surface area contributed by atoms with E-state index in [2.05, 4.69) is 46.4 Å². The monoisotopic (exact) mass is 475 g/mol. The van der Waals surface area contributed by atoms with Gasteiger partial charge in [-0.05, 0) is 66.8 Å². The Morgan fingerprint density at radius 2 is 2.06 bits per heavy atom. The third kappa shape index (κ3) is 4.72. The predicted octanol–water partition coefficient (Wildman–Crippen LogP) is 5.68. The van der Waals surface area contributed by atoms with Gasteiger partial charge in [-0.2, -0.15) is 4.39 Å². The standard InChI is InChI=1S/C26H26FN5OS/c1-2-18-7-9-20(10-8-18)32-14-4-5-22(32)21-17-34-26(29-21)30-25(33)23-6-3-13-31(23)16-19-11-12-28-24(27)15-19/h3,6-13,15,17,22H,2,4-5,14,16H2,1H3,(H,29,30,33). The summed E-state index contributed by atoms with van der Waals surface area (Å²) in [5.41, 5.74) is 4.76. The van der Waals surface area contributed by atoms with Crippen molar-refractivity contribution in [3.05, 3.63) is 94.8 Å². The average molecular weight is 476 g/mol. The number of amides is 1. The molecule has 4 heterocycles. The highest BCUT2D eigenvalue weighted by atomic mass is 32.1. The molecule has 1 amide bonds. The molecule has 1 atom stereocenters. The Kier molecular flexibility index (Phi) is 6.40. The molecule has 1 unspecified atom stereocenters. The maximum atomic E-state index is 13.4. The zero-order valence-electron chi connectivity index (χ0n) is 18.9. The second kappa shape index (κ2) is 9.77. The van der Waals surface area contributed by atoms with Gasteiger partial charge >= 0.3 is 0 Å². The Morgan fingerprint density at radius 1 is 1.21 bits per heavy atom. The van der Waals surface area contributed by atoms with E-state index in [0.717, 1.165) is 37.1 Å². The fraction of sp³-hybridized carbons (Fsp3) is 0.269. The number of aromatic nitrogens is 3. The SMILES string of the molecule is CCc1ccc(N2CCCC2c2csc(NC(=O)c3cccn3Cc3ccnc(F)c3)n2)cc1. The molecule has 4 aromatic rings. The molecule has 3 aromatic heterocycles. The smallest absolute Gasteiger partial charge is 0.274 e. The molecule has 8 heteroatoms. The maximum absolute atomic E-state index is 13.4. The lowest BCUT2D eigenvalue weighted by Crippen LogP contribution is -2.23. The van der Waals surface area contributed by atoms with Gasteiger partial charge in [0.2, 0.25) is 5.95 Å². The van der Waals surface area contributed by atoms with Crippen molar-refractivity contribution in [2.75, 3.05) is 16.8 Å². The van der Waals surface area contributed by atoms with Crippen LogP contribution in [0.3, 0.4) is 0 Å². The van der Waals surface area contributed by atoms with Crippen molar-refractivity contribution in [3.63, 3.8) is 0 Å². The normalized spacial score (nSPS) is 15.6. The first kappa shape index (κ1) is 22.3. The number of nitrogens with zero attached hydrogens (tertiary/aromatic N) is 4. The summed E-state index contributed by atoms with van der Waals surface area (Å²) < 4.78 is 15.2. The Bertz CT molecular complexity index is 1280. The number of halogens is 1. The molecule has 6 nitrogen and oxygen atoms in total. The first-order valence-electron chi connectivity index (χ1n) is 11.5. The molecular formula is C26H26FN5OS. The second-order valence-corrected chi connectivity index (χ2v) is 9.27. The highest BCUT2D eigenvalue weighted by Crippen LogP contribution is 2.37. The summed E-state index contributed by atoms with van der Waals surface area (Å²) in [6.45, 7) is 3.54. The molecular weight excluding hydrogens is 449 g/mol. The van der Waals surface area contributed by atoms with Crippen LogP contribution in [0.15, 0.2) is 66.3 Å². The first-order chi connectivity index (χ1) is 16.6. The van der Waals surface area contributed by atoms with Crippen LogP contribution in [0, 0.1) is 5.95 Å². The first-order valence-corrected chi connectivity index (χ1v) is 12.4. The van der Waals surface area contributed by atoms with Crippen molar-refractivity contribution in [1.29, 1.82) is 0 Å². The number of carbonyl (C=O) groups excluding carboxylic acids is 1. The quantitative estimate of drug-likeness (QED) is 0.349. The number of pyridine rings is 1. The molecule has 0 radical (unpaired) electrons. The summed E-state index contributed by atoms with van der Waals surface area (Å²) in [5, 5.41) is 5.56. The molecule has 0 saturated carbocycles. The van der Waals surface area contributed by atoms with E-state index in [9.17, 15) is 9.18 Å². The molecule has 34 heavy (non-hydrogen) atoms. The van der Waals surface area contributed by atoms with E-state index in [0.29, 0.717) is 17.4 Å². The number of hydrogen-bond donors (Lipinski definition) is 1. The van der Waals surface area contributed by atoms with E-state index < -0.39 is 5.95 Å². The van der Waals surface area contributed by atoms with Crippen molar-refractivity contribution in [2.24, 2.45) is 0 Å². The maximum Gasteiger partial charge on any atom is 0.274 e. The Hall–Kier alpha value is -3.52. The van der Waals surface area contributed by atoms with Crippen LogP contribution in [0.2, 0.25) is 0 Å². The lowest BCUT2D eigenvalue weighted by atomic mass is 10.1. The number of nitrogens with one attached hydrogen (secondary N) is 1. The van der Waals surface area contributed by atoms with Crippen molar-refractivity contribution >= 4 is 28.1 Å². The minimum Gasteiger partial charge on any atom is -0.363 e. The summed E-state index contributed by atoms with van der Waals surface area (Å²) in [4.78, 5) is 23.7. The van der Waals surface area contributed by atoms with Crippen molar-refractivity contribution in [3.8, 4) is 0 Å². The van der Waals surface area contributed by atoms with Crippen molar-refractivity contribution in [2.45, 2.75) is 38.8 Å². The van der Waals surface area contributed by atoms with E-state index in [1.807, 2.05) is 5.38 Å². The molecule has 1 N–H and O–H groups in total. The summed E-state index contributed by atoms with van der Waals surface area (Å²) >= 11 is 1.44. The van der Waals surface area contributed by atoms with Crippen LogP contribution in [0.25, 0.3) is 0 Å². The van der Waals surface area contributed by atoms with Crippen LogP contribution < -0.4 is 10.2 Å². The topological polar surface area (TPSA) is 63.1 Å². The van der Waals surface area contributed by atoms with Gasteiger partial charge in [-0.25, -0.2) is 9.97 Å². The molecule has 1 aliphatic heterocycles. The van der Waals surface area contributed by atoms with Gasteiger partial charge in [0.05, 0.1) is 11.7 Å². The number of aryl methyl sites for hydroxylation is 1. The van der Waals surface area contributed by atoms with Crippen LogP contribution >= 0.6 is 11.3 Å². The molecule has 1 fully saturated rings. The van der Waals surface area contributed by atoms with Crippen LogP contribution in [0.4, 0.5) is 15.2 Å². The summed E-state index contributed by atoms with van der Waals surface area (Å²) in [6, 6.07) is 15.6. The molecule has 1 aromatic carbocycles. The van der Waals surface area contributed by atoms with Crippen molar-refractivity contribution in [1.82, 2.24) is 14.5 Å². The highest BCUT2D eigenvalue weighted by molar-refractivity contribution is 7.14.